The first-order chi connectivity index (χ1) is 8.67. The van der Waals surface area contributed by atoms with Crippen LogP contribution < -0.4 is 5.56 Å². The van der Waals surface area contributed by atoms with E-state index in [1.807, 2.05) is 6.07 Å². The summed E-state index contributed by atoms with van der Waals surface area (Å²) in [5.41, 5.74) is 1.50. The number of pyridine rings is 1. The van der Waals surface area contributed by atoms with Crippen molar-refractivity contribution in [3.8, 4) is 0 Å². The molecule has 4 atom stereocenters. The number of aromatic nitrogens is 1. The zero-order chi connectivity index (χ0) is 12.3. The quantitative estimate of drug-likeness (QED) is 0.636. The van der Waals surface area contributed by atoms with Crippen LogP contribution in [0.3, 0.4) is 0 Å². The summed E-state index contributed by atoms with van der Waals surface area (Å²) in [7, 11) is 2.44. The predicted molar refractivity (Wildman–Crippen MR) is 70.5 cm³/mol. The number of fused-ring (bicyclic) bond motifs is 6. The molecule has 0 radical (unpaired) electrons. The van der Waals surface area contributed by atoms with Crippen molar-refractivity contribution >= 4 is 0 Å². The van der Waals surface area contributed by atoms with Crippen LogP contribution in [0.25, 0.3) is 0 Å². The van der Waals surface area contributed by atoms with Gasteiger partial charge in [-0.3, -0.25) is 4.79 Å². The monoisotopic (exact) mass is 245 g/mol. The van der Waals surface area contributed by atoms with Gasteiger partial charge in [-0.1, -0.05) is 6.07 Å². The van der Waals surface area contributed by atoms with Gasteiger partial charge < -0.3 is 9.05 Å². The lowest BCUT2D eigenvalue weighted by Gasteiger charge is -2.50. The topological polar surface area (TPSA) is 22.0 Å². The van der Waals surface area contributed by atoms with E-state index in [2.05, 4.69) is 17.7 Å². The van der Waals surface area contributed by atoms with Crippen LogP contribution >= 0.6 is 0 Å². The van der Waals surface area contributed by atoms with Gasteiger partial charge in [-0.05, 0) is 12.5 Å². The Hall–Kier alpha value is -1.09. The molecule has 2 saturated heterocycles. The molecular formula is C15H21N2O+. The summed E-state index contributed by atoms with van der Waals surface area (Å²) >= 11 is 0. The molecule has 0 N–H and O–H groups in total. The summed E-state index contributed by atoms with van der Waals surface area (Å²) in [5.74, 6) is 1.33. The lowest BCUT2D eigenvalue weighted by Crippen LogP contribution is -2.60. The zero-order valence-electron chi connectivity index (χ0n) is 11.0. The number of quaternary nitrogens is 1. The molecule has 4 rings (SSSR count). The highest BCUT2D eigenvalue weighted by atomic mass is 16.1. The third-order valence-corrected chi connectivity index (χ3v) is 5.66. The van der Waals surface area contributed by atoms with Gasteiger partial charge in [0.15, 0.2) is 0 Å². The third kappa shape index (κ3) is 1.31. The van der Waals surface area contributed by atoms with Gasteiger partial charge in [0.25, 0.3) is 5.56 Å². The number of nitrogens with zero attached hydrogens (tertiary/aromatic N) is 2. The molecular weight excluding hydrogens is 224 g/mol. The molecule has 0 aliphatic carbocycles. The fourth-order valence-corrected chi connectivity index (χ4v) is 4.94. The second kappa shape index (κ2) is 3.47. The van der Waals surface area contributed by atoms with Crippen LogP contribution in [-0.2, 0) is 6.54 Å². The molecule has 2 fully saturated rings. The summed E-state index contributed by atoms with van der Waals surface area (Å²) in [6.07, 6.45) is 4.04. The van der Waals surface area contributed by atoms with Gasteiger partial charge in [0.1, 0.15) is 0 Å². The molecule has 1 aromatic rings. The summed E-state index contributed by atoms with van der Waals surface area (Å²) < 4.78 is 3.32. The molecule has 2 bridgehead atoms. The summed E-state index contributed by atoms with van der Waals surface area (Å²) in [6.45, 7) is 3.55. The van der Waals surface area contributed by atoms with Crippen LogP contribution in [0.1, 0.15) is 30.9 Å². The molecule has 18 heavy (non-hydrogen) atoms. The van der Waals surface area contributed by atoms with Crippen LogP contribution in [0, 0.1) is 5.92 Å². The number of hydrogen-bond donors (Lipinski definition) is 0. The van der Waals surface area contributed by atoms with Crippen molar-refractivity contribution in [2.24, 2.45) is 5.92 Å². The molecule has 3 nitrogen and oxygen atoms in total. The number of piperidine rings is 1. The molecule has 0 amide bonds. The minimum Gasteiger partial charge on any atom is -0.323 e. The Morgan fingerprint density at radius 3 is 3.17 bits per heavy atom. The van der Waals surface area contributed by atoms with Gasteiger partial charge in [0, 0.05) is 43.0 Å². The Morgan fingerprint density at radius 2 is 2.28 bits per heavy atom. The van der Waals surface area contributed by atoms with Crippen LogP contribution in [0.2, 0.25) is 0 Å². The van der Waals surface area contributed by atoms with E-state index < -0.39 is 0 Å². The average molecular weight is 245 g/mol. The van der Waals surface area contributed by atoms with E-state index in [-0.39, 0.29) is 5.56 Å². The highest BCUT2D eigenvalue weighted by Crippen LogP contribution is 2.45. The number of likely N-dealkylation sites (N-methyl/N-ethyl adjacent to an activating group) is 1. The molecule has 1 unspecified atom stereocenters. The average Bonchev–Trinajstić information content (AvgIpc) is 2.73. The van der Waals surface area contributed by atoms with Crippen molar-refractivity contribution in [2.45, 2.75) is 37.8 Å². The van der Waals surface area contributed by atoms with E-state index in [4.69, 9.17) is 0 Å². The Labute approximate surface area is 108 Å². The first-order valence-electron chi connectivity index (χ1n) is 7.21. The van der Waals surface area contributed by atoms with Crippen molar-refractivity contribution in [3.05, 3.63) is 34.2 Å². The Morgan fingerprint density at radius 1 is 1.39 bits per heavy atom. The van der Waals surface area contributed by atoms with Gasteiger partial charge in [-0.25, -0.2) is 0 Å². The SMILES string of the molecule is C[N+]12CCC[C@@H]1[C@H]1C[C@H](C2)c2cccc(=O)n2C1. The molecule has 96 valence electrons. The highest BCUT2D eigenvalue weighted by molar-refractivity contribution is 5.16. The third-order valence-electron chi connectivity index (χ3n) is 5.66. The van der Waals surface area contributed by atoms with E-state index in [9.17, 15) is 4.79 Å². The van der Waals surface area contributed by atoms with Crippen molar-refractivity contribution in [3.63, 3.8) is 0 Å². The van der Waals surface area contributed by atoms with Crippen molar-refractivity contribution in [2.75, 3.05) is 20.1 Å². The minimum atomic E-state index is 0.205. The summed E-state index contributed by atoms with van der Waals surface area (Å²) in [6, 6.07) is 6.63. The first-order valence-corrected chi connectivity index (χ1v) is 7.21. The Kier molecular flexibility index (Phi) is 2.08. The Balaban J connectivity index is 1.83. The highest BCUT2D eigenvalue weighted by Gasteiger charge is 2.51. The smallest absolute Gasteiger partial charge is 0.250 e. The van der Waals surface area contributed by atoms with E-state index >= 15 is 0 Å². The largest absolute Gasteiger partial charge is 0.323 e. The van der Waals surface area contributed by atoms with Crippen molar-refractivity contribution in [1.29, 1.82) is 0 Å². The maximum atomic E-state index is 12.0. The molecule has 3 heteroatoms. The maximum absolute atomic E-state index is 12.0. The molecule has 0 aromatic carbocycles. The second-order valence-electron chi connectivity index (χ2n) is 6.69. The lowest BCUT2D eigenvalue weighted by molar-refractivity contribution is -0.932. The molecule has 3 aliphatic rings. The summed E-state index contributed by atoms with van der Waals surface area (Å²) in [5, 5.41) is 0. The number of rotatable bonds is 0. The maximum Gasteiger partial charge on any atom is 0.250 e. The van der Waals surface area contributed by atoms with Gasteiger partial charge in [-0.15, -0.1) is 0 Å². The van der Waals surface area contributed by atoms with E-state index in [1.165, 1.54) is 42.5 Å². The second-order valence-corrected chi connectivity index (χ2v) is 6.69. The lowest BCUT2D eigenvalue weighted by atomic mass is 9.77. The number of hydrogen-bond acceptors (Lipinski definition) is 1. The van der Waals surface area contributed by atoms with Crippen molar-refractivity contribution in [1.82, 2.24) is 4.57 Å². The predicted octanol–water partition coefficient (Wildman–Crippen LogP) is 1.57. The fourth-order valence-electron chi connectivity index (χ4n) is 4.94. The standard InChI is InChI=1S/C15H21N2O/c1-17-7-3-5-14(17)11-8-12(10-17)13-4-2-6-15(18)16(13)9-11/h2,4,6,11-12,14H,3,5,7-10H2,1H3/q+1/t11-,12+,14+,17?/m0/s1. The summed E-state index contributed by atoms with van der Waals surface area (Å²) in [4.78, 5) is 12.0. The van der Waals surface area contributed by atoms with Crippen LogP contribution in [0.15, 0.2) is 23.0 Å². The molecule has 1 aromatic heterocycles. The van der Waals surface area contributed by atoms with E-state index in [1.54, 1.807) is 6.07 Å². The fraction of sp³-hybridized carbons (Fsp3) is 0.667. The molecule has 0 saturated carbocycles. The molecule has 3 aliphatic heterocycles. The van der Waals surface area contributed by atoms with E-state index in [0.29, 0.717) is 5.92 Å². The van der Waals surface area contributed by atoms with E-state index in [0.717, 1.165) is 18.5 Å². The van der Waals surface area contributed by atoms with Gasteiger partial charge in [-0.2, -0.15) is 0 Å². The van der Waals surface area contributed by atoms with Crippen LogP contribution in [0.4, 0.5) is 0 Å². The zero-order valence-corrected chi connectivity index (χ0v) is 11.0. The van der Waals surface area contributed by atoms with Crippen molar-refractivity contribution < 1.29 is 4.48 Å². The first kappa shape index (κ1) is 10.8. The molecule has 4 heterocycles. The van der Waals surface area contributed by atoms with Gasteiger partial charge in [0.2, 0.25) is 0 Å². The van der Waals surface area contributed by atoms with Crippen LogP contribution in [0.5, 0.6) is 0 Å². The minimum absolute atomic E-state index is 0.205. The van der Waals surface area contributed by atoms with Gasteiger partial charge >= 0.3 is 0 Å². The Bertz CT molecular complexity index is 550. The van der Waals surface area contributed by atoms with Crippen LogP contribution in [-0.4, -0.2) is 35.2 Å². The molecule has 0 spiro atoms. The van der Waals surface area contributed by atoms with Gasteiger partial charge in [0.05, 0.1) is 26.2 Å². The normalized spacial score (nSPS) is 41.3.